The fraction of sp³-hybridized carbons (Fsp3) is 0.308. The molecule has 1 aliphatic heterocycles. The van der Waals surface area contributed by atoms with Gasteiger partial charge < -0.3 is 14.3 Å². The smallest absolute Gasteiger partial charge is 0.508 e. The van der Waals surface area contributed by atoms with Crippen molar-refractivity contribution in [2.45, 2.75) is 107 Å². The fourth-order valence-electron chi connectivity index (χ4n) is 9.38. The van der Waals surface area contributed by atoms with E-state index in [1.165, 1.54) is 72.1 Å². The molecule has 0 saturated heterocycles. The topological polar surface area (TPSA) is 39.4 Å². The van der Waals surface area contributed by atoms with Gasteiger partial charge in [0.2, 0.25) is 0 Å². The second-order valence-corrected chi connectivity index (χ2v) is 17.8. The van der Waals surface area contributed by atoms with Gasteiger partial charge in [-0.1, -0.05) is 81.5 Å². The predicted octanol–water partition coefficient (Wildman–Crippen LogP) is 12.9. The molecular weight excluding hydrogens is 878 g/mol. The molecule has 2 atom stereocenters. The van der Waals surface area contributed by atoms with E-state index in [0.29, 0.717) is 5.90 Å². The van der Waals surface area contributed by atoms with Crippen LogP contribution in [0.15, 0.2) is 71.9 Å². The van der Waals surface area contributed by atoms with Crippen molar-refractivity contribution in [2.24, 2.45) is 4.99 Å². The van der Waals surface area contributed by atoms with Gasteiger partial charge in [-0.15, -0.1) is 47.0 Å². The Balaban J connectivity index is 0.00000455. The molecule has 7 aromatic rings. The third-order valence-electron chi connectivity index (χ3n) is 13.1. The molecule has 5 aromatic carbocycles. The molecule has 4 nitrogen and oxygen atoms in total. The number of hydrogen-bond donors (Lipinski definition) is 0. The van der Waals surface area contributed by atoms with Crippen molar-refractivity contribution in [2.75, 3.05) is 0 Å². The molecule has 9 rings (SSSR count). The Morgan fingerprint density at radius 3 is 2.12 bits per heavy atom. The molecule has 0 bridgehead atoms. The van der Waals surface area contributed by atoms with E-state index in [1.54, 1.807) is 0 Å². The minimum absolute atomic E-state index is 0. The van der Waals surface area contributed by atoms with E-state index in [2.05, 4.69) is 167 Å². The van der Waals surface area contributed by atoms with E-state index in [4.69, 9.17) is 14.7 Å². The van der Waals surface area contributed by atoms with Gasteiger partial charge in [-0.3, -0.25) is 4.99 Å². The first-order valence-corrected chi connectivity index (χ1v) is 20.0. The van der Waals surface area contributed by atoms with E-state index in [1.807, 2.05) is 6.20 Å². The number of benzene rings is 5. The molecule has 57 heavy (non-hydrogen) atoms. The molecule has 5 heteroatoms. The summed E-state index contributed by atoms with van der Waals surface area (Å²) in [5.74, 6) is 0.645. The van der Waals surface area contributed by atoms with Crippen molar-refractivity contribution in [1.29, 1.82) is 0 Å². The Morgan fingerprint density at radius 1 is 0.702 bits per heavy atom. The van der Waals surface area contributed by atoms with Gasteiger partial charge in [0, 0.05) is 17.3 Å². The molecule has 0 fully saturated rings. The number of aryl methyl sites for hydroxylation is 5. The molecule has 0 unspecified atom stereocenters. The number of pyridine rings is 1. The summed E-state index contributed by atoms with van der Waals surface area (Å²) in [5.41, 5.74) is 22.8. The van der Waals surface area contributed by atoms with E-state index in [9.17, 15) is 0 Å². The van der Waals surface area contributed by atoms with E-state index >= 15 is 0 Å². The van der Waals surface area contributed by atoms with Crippen LogP contribution in [0.5, 0.6) is 0 Å². The van der Waals surface area contributed by atoms with Gasteiger partial charge in [0.15, 0.2) is 0 Å². The zero-order valence-corrected chi connectivity index (χ0v) is 37.8. The second-order valence-electron chi connectivity index (χ2n) is 17.8. The van der Waals surface area contributed by atoms with Crippen molar-refractivity contribution >= 4 is 27.7 Å². The van der Waals surface area contributed by atoms with Gasteiger partial charge in [0.25, 0.3) is 0 Å². The summed E-state index contributed by atoms with van der Waals surface area (Å²) in [5, 5.41) is 2.34. The van der Waals surface area contributed by atoms with Gasteiger partial charge in [0.05, 0.1) is 0 Å². The number of hydrogen-bond acceptors (Lipinski definition) is 3. The second kappa shape index (κ2) is 13.4. The zero-order chi connectivity index (χ0) is 39.7. The van der Waals surface area contributed by atoms with Crippen LogP contribution in [0.1, 0.15) is 106 Å². The minimum atomic E-state index is -0.679. The molecule has 1 aliphatic carbocycles. The number of rotatable bonds is 3. The summed E-state index contributed by atoms with van der Waals surface area (Å²) < 4.78 is 9.61. The summed E-state index contributed by atoms with van der Waals surface area (Å²) in [4.78, 5) is 10.4. The molecule has 0 amide bonds. The van der Waals surface area contributed by atoms with Crippen LogP contribution in [0.4, 0.5) is 0 Å². The number of nitrogens with zero attached hydrogens (tertiary/aromatic N) is 3. The maximum absolute atomic E-state index is 7.27. The van der Waals surface area contributed by atoms with Gasteiger partial charge in [-0.25, -0.2) is 0 Å². The number of fused-ring (bicyclic) bond motifs is 9. The molecule has 290 valence electrons. The van der Waals surface area contributed by atoms with Crippen molar-refractivity contribution in [1.82, 2.24) is 9.55 Å². The van der Waals surface area contributed by atoms with Crippen LogP contribution in [0.25, 0.3) is 49.9 Å². The Labute approximate surface area is 352 Å². The van der Waals surface area contributed by atoms with Crippen LogP contribution in [0.3, 0.4) is 0 Å². The molecule has 0 radical (unpaired) electrons. The molecule has 2 aliphatic rings. The first-order chi connectivity index (χ1) is 26.5. The average Bonchev–Trinajstić information content (AvgIpc) is 3.67. The zero-order valence-electron chi connectivity index (χ0n) is 35.5. The average molecular weight is 929 g/mol. The number of aliphatic imine (C=N–C) groups is 1. The maximum Gasteiger partial charge on any atom is 2.00 e. The Kier molecular flexibility index (Phi) is 9.17. The maximum atomic E-state index is 7.27. The van der Waals surface area contributed by atoms with Gasteiger partial charge in [0.1, 0.15) is 17.5 Å². The van der Waals surface area contributed by atoms with Crippen LogP contribution in [-0.2, 0) is 36.8 Å². The van der Waals surface area contributed by atoms with Crippen molar-refractivity contribution in [3.8, 4) is 28.1 Å². The SMILES string of the molecule is Cc1ccc2c(c1)c1ccc(-c3cc(C(C)(C)C)ccn3)[c-]c1n2-c1[c-]c(C2=N[C@@H]3c4cc(C)c(C)c(C)c4-c4c(cc(C)c(C)c4C)[C@]3(C)O2)c(C)cc1C.[Pt+2]. The van der Waals surface area contributed by atoms with Crippen molar-refractivity contribution in [3.05, 3.63) is 151 Å². The Bertz CT molecular complexity index is 2890. The first kappa shape index (κ1) is 39.1. The number of aromatic nitrogens is 2. The van der Waals surface area contributed by atoms with Crippen LogP contribution >= 0.6 is 0 Å². The van der Waals surface area contributed by atoms with Crippen LogP contribution in [0, 0.1) is 74.4 Å². The monoisotopic (exact) mass is 928 g/mol. The first-order valence-electron chi connectivity index (χ1n) is 20.0. The quantitative estimate of drug-likeness (QED) is 0.166. The normalized spacial score (nSPS) is 17.2. The van der Waals surface area contributed by atoms with E-state index in [-0.39, 0.29) is 32.5 Å². The van der Waals surface area contributed by atoms with E-state index in [0.717, 1.165) is 50.1 Å². The summed E-state index contributed by atoms with van der Waals surface area (Å²) in [6.45, 7) is 28.9. The van der Waals surface area contributed by atoms with Gasteiger partial charge >= 0.3 is 21.1 Å². The van der Waals surface area contributed by atoms with Crippen LogP contribution < -0.4 is 0 Å². The van der Waals surface area contributed by atoms with Crippen molar-refractivity contribution < 1.29 is 25.8 Å². The molecule has 2 aromatic heterocycles. The molecule has 0 N–H and O–H groups in total. The summed E-state index contributed by atoms with van der Waals surface area (Å²) in [7, 11) is 0. The Morgan fingerprint density at radius 2 is 1.40 bits per heavy atom. The molecule has 3 heterocycles. The molecular formula is C52H51N3OPt. The Hall–Kier alpha value is -4.79. The van der Waals surface area contributed by atoms with Gasteiger partial charge in [-0.2, -0.15) is 0 Å². The van der Waals surface area contributed by atoms with E-state index < -0.39 is 5.60 Å². The molecule has 0 saturated carbocycles. The minimum Gasteiger partial charge on any atom is -0.508 e. The largest absolute Gasteiger partial charge is 2.00 e. The third kappa shape index (κ3) is 5.80. The third-order valence-corrected chi connectivity index (χ3v) is 13.1. The summed E-state index contributed by atoms with van der Waals surface area (Å²) >= 11 is 0. The van der Waals surface area contributed by atoms with Crippen LogP contribution in [-0.4, -0.2) is 15.4 Å². The summed E-state index contributed by atoms with van der Waals surface area (Å²) in [6.07, 6.45) is 1.92. The fourth-order valence-corrected chi connectivity index (χ4v) is 9.38. The predicted molar refractivity (Wildman–Crippen MR) is 233 cm³/mol. The molecule has 0 spiro atoms. The summed E-state index contributed by atoms with van der Waals surface area (Å²) in [6, 6.07) is 30.0. The number of ether oxygens (including phenoxy) is 1. The van der Waals surface area contributed by atoms with Crippen molar-refractivity contribution in [3.63, 3.8) is 0 Å². The van der Waals surface area contributed by atoms with Gasteiger partial charge in [-0.05, 0) is 151 Å². The standard InChI is InChI=1S/C52H51N3O.Pt/c1-27-14-17-44-40(20-27)38-16-15-36(43-25-37(18-19-53-43)51(10,11)12)24-46(38)55(44)45-26-39(30(4)21-31(45)5)50-54-49-41-22-28(2)32(6)34(8)47(41)48-35(9)33(7)29(3)23-42(48)52(49,13)56-50;/h14-23,25,49H,1-13H3;/q-2;+2/t49-,52+;/m1./s1. The van der Waals surface area contributed by atoms with Crippen LogP contribution in [0.2, 0.25) is 0 Å².